The molecule has 0 aromatic rings. The molecule has 0 aromatic heterocycles. The van der Waals surface area contributed by atoms with Crippen molar-refractivity contribution in [3.05, 3.63) is 36.0 Å². The second kappa shape index (κ2) is 23.1. The summed E-state index contributed by atoms with van der Waals surface area (Å²) < 4.78 is 30.2. The minimum absolute atomic E-state index is 0.0178. The van der Waals surface area contributed by atoms with Gasteiger partial charge in [0.25, 0.3) is 11.7 Å². The topological polar surface area (TPSA) is 186 Å². The number of hydrogen-bond acceptors (Lipinski definition) is 13. The normalized spacial score (nSPS) is 39.8. The number of hydrogen-bond donors (Lipinski definition) is 4. The molecule has 4 aliphatic rings. The van der Waals surface area contributed by atoms with E-state index in [-0.39, 0.29) is 55.7 Å². The third-order valence-corrected chi connectivity index (χ3v) is 13.4. The molecule has 0 unspecified atom stereocenters. The van der Waals surface area contributed by atoms with Crippen molar-refractivity contribution >= 4 is 23.4 Å². The number of ketones is 1. The number of Topliss-reactive ketones (excluding diaryl/α,β-unsaturated/α-hetero) is 1. The van der Waals surface area contributed by atoms with Crippen molar-refractivity contribution in [1.29, 1.82) is 0 Å². The van der Waals surface area contributed by atoms with Gasteiger partial charge in [0.2, 0.25) is 5.79 Å². The highest BCUT2D eigenvalue weighted by Gasteiger charge is 2.56. The molecule has 0 radical (unpaired) electrons. The maximum Gasteiger partial charge on any atom is 0.329 e. The number of allylic oxidation sites excluding steroid dienone is 4. The number of carbonyl (C=O) groups is 3. The van der Waals surface area contributed by atoms with Crippen molar-refractivity contribution < 1.29 is 53.4 Å². The number of piperidine rings is 1. The van der Waals surface area contributed by atoms with E-state index >= 15 is 0 Å². The van der Waals surface area contributed by atoms with Gasteiger partial charge in [-0.2, -0.15) is 5.10 Å². The molecule has 0 spiro atoms. The summed E-state index contributed by atoms with van der Waals surface area (Å²) in [5.41, 5.74) is 5.74. The Labute approximate surface area is 364 Å². The fourth-order valence-electron chi connectivity index (χ4n) is 9.78. The molecule has 1 saturated carbocycles. The molecule has 14 atom stereocenters. The lowest BCUT2D eigenvalue weighted by Crippen LogP contribution is -2.64. The van der Waals surface area contributed by atoms with Crippen LogP contribution in [0.2, 0.25) is 0 Å². The molecule has 3 aliphatic heterocycles. The number of aliphatic hydroxyl groups is 3. The van der Waals surface area contributed by atoms with Gasteiger partial charge in [0.1, 0.15) is 18.2 Å². The van der Waals surface area contributed by atoms with Gasteiger partial charge in [-0.3, -0.25) is 9.59 Å². The average molecular weight is 860 g/mol. The molecule has 2 saturated heterocycles. The molecule has 2 bridgehead atoms. The van der Waals surface area contributed by atoms with E-state index in [4.69, 9.17) is 28.8 Å². The van der Waals surface area contributed by atoms with Crippen LogP contribution in [0.15, 0.2) is 41.1 Å². The predicted molar refractivity (Wildman–Crippen MR) is 233 cm³/mol. The first-order valence-electron chi connectivity index (χ1n) is 22.6. The van der Waals surface area contributed by atoms with Crippen LogP contribution < -0.4 is 5.43 Å². The predicted octanol–water partition coefficient (Wildman–Crippen LogP) is 5.42. The third-order valence-electron chi connectivity index (χ3n) is 13.4. The Morgan fingerprint density at radius 3 is 2.30 bits per heavy atom. The zero-order chi connectivity index (χ0) is 45.2. The number of hydrazone groups is 1. The molecular formula is C47H77N3O11. The minimum Gasteiger partial charge on any atom is -0.456 e. The highest BCUT2D eigenvalue weighted by atomic mass is 16.7. The summed E-state index contributed by atoms with van der Waals surface area (Å²) in [6, 6.07) is -1.08. The summed E-state index contributed by atoms with van der Waals surface area (Å²) in [5, 5.41) is 39.7. The van der Waals surface area contributed by atoms with Crippen molar-refractivity contribution in [2.24, 2.45) is 34.7 Å². The number of esters is 1. The van der Waals surface area contributed by atoms with Crippen molar-refractivity contribution in [3.8, 4) is 0 Å². The summed E-state index contributed by atoms with van der Waals surface area (Å²) in [6.45, 7) is 17.7. The number of aliphatic hydroxyl groups excluding tert-OH is 2. The van der Waals surface area contributed by atoms with Crippen LogP contribution in [0.4, 0.5) is 0 Å². The van der Waals surface area contributed by atoms with E-state index in [1.807, 2.05) is 39.8 Å². The quantitative estimate of drug-likeness (QED) is 0.100. The van der Waals surface area contributed by atoms with Crippen molar-refractivity contribution in [2.75, 3.05) is 27.9 Å². The highest BCUT2D eigenvalue weighted by molar-refractivity contribution is 6.39. The van der Waals surface area contributed by atoms with E-state index in [0.717, 1.165) is 16.9 Å². The smallest absolute Gasteiger partial charge is 0.329 e. The van der Waals surface area contributed by atoms with Crippen LogP contribution in [0.25, 0.3) is 0 Å². The summed E-state index contributed by atoms with van der Waals surface area (Å²) in [4.78, 5) is 44.4. The van der Waals surface area contributed by atoms with Crippen LogP contribution in [0, 0.1) is 29.6 Å². The van der Waals surface area contributed by atoms with Gasteiger partial charge in [-0.1, -0.05) is 44.6 Å². The summed E-state index contributed by atoms with van der Waals surface area (Å²) in [5.74, 6) is -6.94. The van der Waals surface area contributed by atoms with Crippen molar-refractivity contribution in [1.82, 2.24) is 10.3 Å². The van der Waals surface area contributed by atoms with Gasteiger partial charge >= 0.3 is 5.97 Å². The third kappa shape index (κ3) is 12.8. The van der Waals surface area contributed by atoms with Gasteiger partial charge in [-0.05, 0) is 109 Å². The molecule has 61 heavy (non-hydrogen) atoms. The molecular weight excluding hydrogens is 783 g/mol. The zero-order valence-corrected chi connectivity index (χ0v) is 38.5. The number of ether oxygens (including phenoxy) is 5. The minimum atomic E-state index is -2.50. The van der Waals surface area contributed by atoms with E-state index in [1.165, 1.54) is 4.90 Å². The van der Waals surface area contributed by atoms with E-state index in [9.17, 15) is 29.7 Å². The van der Waals surface area contributed by atoms with Gasteiger partial charge in [0, 0.05) is 63.8 Å². The molecule has 4 rings (SSSR count). The number of rotatable bonds is 9. The molecule has 3 fully saturated rings. The van der Waals surface area contributed by atoms with E-state index in [0.29, 0.717) is 51.4 Å². The molecule has 0 aromatic carbocycles. The van der Waals surface area contributed by atoms with Gasteiger partial charge < -0.3 is 49.3 Å². The maximum absolute atomic E-state index is 14.5. The Balaban J connectivity index is 1.84. The summed E-state index contributed by atoms with van der Waals surface area (Å²) >= 11 is 0. The SMILES string of the molecule is C=CC[C@@H]1/C=C(\C)C[C@H](C)C[C@H](OC)[C@H]2O[C@@](O)(C(=O)C(=O)N3CCCC[C@H]3C(=O)O[C@H](/C(C)=C/[C@@H]3CC[C@@H](O)[C@H](OC)C3)[C@H](C)[C@@H](O)C/C1=N/NC(C)C)[C@H](C)C[C@@H]2OC. The molecule has 3 heterocycles. The van der Waals surface area contributed by atoms with Crippen molar-refractivity contribution in [3.63, 3.8) is 0 Å². The largest absolute Gasteiger partial charge is 0.456 e. The van der Waals surface area contributed by atoms with Crippen LogP contribution in [0.5, 0.6) is 0 Å². The Hall–Kier alpha value is -2.98. The Morgan fingerprint density at radius 2 is 1.66 bits per heavy atom. The summed E-state index contributed by atoms with van der Waals surface area (Å²) in [7, 11) is 4.69. The molecule has 4 N–H and O–H groups in total. The van der Waals surface area contributed by atoms with Crippen LogP contribution in [-0.4, -0.2) is 132 Å². The lowest BCUT2D eigenvalue weighted by molar-refractivity contribution is -0.302. The molecule has 1 amide bonds. The number of amides is 1. The highest BCUT2D eigenvalue weighted by Crippen LogP contribution is 2.39. The second-order valence-corrected chi connectivity index (χ2v) is 18.7. The Bertz CT molecular complexity index is 1580. The number of nitrogens with zero attached hydrogens (tertiary/aromatic N) is 2. The monoisotopic (exact) mass is 860 g/mol. The number of carbonyl (C=O) groups excluding carboxylic acids is 3. The Kier molecular flexibility index (Phi) is 19.2. The molecule has 14 nitrogen and oxygen atoms in total. The first kappa shape index (κ1) is 50.7. The first-order chi connectivity index (χ1) is 28.9. The molecule has 1 aliphatic carbocycles. The average Bonchev–Trinajstić information content (AvgIpc) is 3.23. The number of methoxy groups -OCH3 is 3. The number of nitrogens with one attached hydrogen (secondary N) is 1. The first-order valence-corrected chi connectivity index (χ1v) is 22.6. The fourth-order valence-corrected chi connectivity index (χ4v) is 9.78. The lowest BCUT2D eigenvalue weighted by atomic mass is 9.81. The zero-order valence-electron chi connectivity index (χ0n) is 38.5. The van der Waals surface area contributed by atoms with E-state index in [2.05, 4.69) is 31.9 Å². The van der Waals surface area contributed by atoms with Crippen LogP contribution >= 0.6 is 0 Å². The lowest BCUT2D eigenvalue weighted by Gasteiger charge is -2.47. The van der Waals surface area contributed by atoms with Gasteiger partial charge in [-0.15, -0.1) is 6.58 Å². The van der Waals surface area contributed by atoms with Crippen LogP contribution in [-0.2, 0) is 38.1 Å². The van der Waals surface area contributed by atoms with Crippen LogP contribution in [0.1, 0.15) is 119 Å². The second-order valence-electron chi connectivity index (χ2n) is 18.7. The maximum atomic E-state index is 14.5. The van der Waals surface area contributed by atoms with Gasteiger partial charge in [-0.25, -0.2) is 4.79 Å². The summed E-state index contributed by atoms with van der Waals surface area (Å²) in [6.07, 6.45) is 6.59. The molecule has 14 heteroatoms. The number of fused-ring (bicyclic) bond motifs is 3. The standard InChI is InChI=1S/C47H77N3O11/c1-12-15-34-21-28(4)20-29(5)22-40(58-10)43-41(59-11)24-31(7)47(56,61-43)44(53)45(54)50-19-14-13-16-36(50)46(55)60-42(32(8)38(52)26-35(34)49-48-27(2)3)30(6)23-33-17-18-37(51)39(25-33)57-9/h12,21,23,27,29,31-34,36-43,48,51-52,56H,1,13-20,22,24-26H2,2-11H3/b28-21+,30-23+,49-35-/t29-,31+,32+,33-,34+,36-,37+,38-,39+,40-,41-,42+,43+,47+/m0/s1. The van der Waals surface area contributed by atoms with Gasteiger partial charge in [0.15, 0.2) is 0 Å². The van der Waals surface area contributed by atoms with Crippen molar-refractivity contribution in [2.45, 2.75) is 180 Å². The van der Waals surface area contributed by atoms with Gasteiger partial charge in [0.05, 0.1) is 30.5 Å². The van der Waals surface area contributed by atoms with Crippen LogP contribution in [0.3, 0.4) is 0 Å². The Morgan fingerprint density at radius 1 is 0.984 bits per heavy atom. The van der Waals surface area contributed by atoms with E-state index < -0.39 is 77.9 Å². The molecule has 346 valence electrons. The van der Waals surface area contributed by atoms with E-state index in [1.54, 1.807) is 28.3 Å². The number of cyclic esters (lactones) is 1. The fraction of sp³-hybridized carbons (Fsp3) is 0.787.